The van der Waals surface area contributed by atoms with Gasteiger partial charge >= 0.3 is 0 Å². The third-order valence-corrected chi connectivity index (χ3v) is 4.85. The summed E-state index contributed by atoms with van der Waals surface area (Å²) in [5.41, 5.74) is 2.38. The van der Waals surface area contributed by atoms with E-state index >= 15 is 0 Å². The highest BCUT2D eigenvalue weighted by atomic mass is 35.5. The molecule has 0 bridgehead atoms. The lowest BCUT2D eigenvalue weighted by atomic mass is 9.88. The van der Waals surface area contributed by atoms with Gasteiger partial charge in [-0.15, -0.1) is 6.58 Å². The van der Waals surface area contributed by atoms with Gasteiger partial charge in [0.05, 0.1) is 0 Å². The van der Waals surface area contributed by atoms with E-state index in [9.17, 15) is 4.79 Å². The number of halogens is 1. The van der Waals surface area contributed by atoms with Crippen molar-refractivity contribution in [1.29, 1.82) is 0 Å². The lowest BCUT2D eigenvalue weighted by Gasteiger charge is -2.27. The smallest absolute Gasteiger partial charge is 0.125 e. The second-order valence-corrected chi connectivity index (χ2v) is 6.46. The molecule has 3 atom stereocenters. The Bertz CT molecular complexity index is 668. The van der Waals surface area contributed by atoms with Crippen molar-refractivity contribution in [1.82, 2.24) is 4.90 Å². The highest BCUT2D eigenvalue weighted by Crippen LogP contribution is 2.41. The molecule has 0 amide bonds. The second kappa shape index (κ2) is 7.12. The monoisotopic (exact) mass is 325 g/mol. The van der Waals surface area contributed by atoms with Gasteiger partial charge in [0, 0.05) is 36.0 Å². The Morgan fingerprint density at radius 3 is 2.43 bits per heavy atom. The summed E-state index contributed by atoms with van der Waals surface area (Å²) in [6, 6.07) is 18.2. The lowest BCUT2D eigenvalue weighted by molar-refractivity contribution is -0.112. The molecule has 2 aromatic rings. The van der Waals surface area contributed by atoms with Gasteiger partial charge in [0.25, 0.3) is 0 Å². The van der Waals surface area contributed by atoms with Crippen LogP contribution in [-0.4, -0.2) is 17.7 Å². The van der Waals surface area contributed by atoms with Gasteiger partial charge in [-0.1, -0.05) is 60.1 Å². The zero-order chi connectivity index (χ0) is 16.2. The fourth-order valence-corrected chi connectivity index (χ4v) is 3.59. The topological polar surface area (TPSA) is 20.3 Å². The Morgan fingerprint density at radius 2 is 1.83 bits per heavy atom. The van der Waals surface area contributed by atoms with Crippen molar-refractivity contribution in [3.05, 3.63) is 83.4 Å². The Labute approximate surface area is 142 Å². The molecule has 0 unspecified atom stereocenters. The molecule has 0 aliphatic carbocycles. The van der Waals surface area contributed by atoms with Gasteiger partial charge in [-0.2, -0.15) is 0 Å². The maximum atomic E-state index is 11.7. The fraction of sp³-hybridized carbons (Fsp3) is 0.250. The van der Waals surface area contributed by atoms with E-state index in [1.54, 1.807) is 0 Å². The van der Waals surface area contributed by atoms with Gasteiger partial charge < -0.3 is 4.79 Å². The van der Waals surface area contributed by atoms with Crippen LogP contribution >= 0.6 is 11.6 Å². The molecule has 0 radical (unpaired) electrons. The van der Waals surface area contributed by atoms with Gasteiger partial charge in [0.1, 0.15) is 6.29 Å². The number of benzene rings is 2. The average molecular weight is 326 g/mol. The molecule has 0 saturated carbocycles. The largest absolute Gasteiger partial charge is 0.303 e. The molecule has 0 aromatic heterocycles. The summed E-state index contributed by atoms with van der Waals surface area (Å²) in [5.74, 6) is 0.106. The number of hydrogen-bond donors (Lipinski definition) is 0. The van der Waals surface area contributed by atoms with Crippen LogP contribution in [0.3, 0.4) is 0 Å². The highest BCUT2D eigenvalue weighted by molar-refractivity contribution is 6.30. The normalized spacial score (nSPS) is 24.5. The Morgan fingerprint density at radius 1 is 1.13 bits per heavy atom. The van der Waals surface area contributed by atoms with E-state index in [4.69, 9.17) is 11.6 Å². The summed E-state index contributed by atoms with van der Waals surface area (Å²) in [4.78, 5) is 14.1. The number of likely N-dealkylation sites (tertiary alicyclic amines) is 1. The van der Waals surface area contributed by atoms with Crippen LogP contribution in [0.5, 0.6) is 0 Å². The molecule has 0 spiro atoms. The molecule has 2 nitrogen and oxygen atoms in total. The van der Waals surface area contributed by atoms with Crippen LogP contribution in [0.15, 0.2) is 67.3 Å². The first kappa shape index (κ1) is 16.0. The molecule has 1 fully saturated rings. The van der Waals surface area contributed by atoms with Crippen LogP contribution in [0.1, 0.15) is 17.2 Å². The van der Waals surface area contributed by atoms with Crippen molar-refractivity contribution in [2.24, 2.45) is 11.8 Å². The standard InChI is InChI=1S/C20H20ClNO/c1-2-16-13-22(12-15-6-4-3-5-7-15)20(19(16)14-23)17-8-10-18(21)11-9-17/h2-11,14,16,19-20H,1,12-13H2/t16-,19-,20+/m0/s1. The number of rotatable bonds is 5. The Hall–Kier alpha value is -1.90. The Balaban J connectivity index is 1.93. The lowest BCUT2D eigenvalue weighted by Crippen LogP contribution is -2.25. The zero-order valence-electron chi connectivity index (χ0n) is 12.9. The molecule has 23 heavy (non-hydrogen) atoms. The maximum Gasteiger partial charge on any atom is 0.125 e. The fourth-order valence-electron chi connectivity index (χ4n) is 3.46. The van der Waals surface area contributed by atoms with Gasteiger partial charge in [0.2, 0.25) is 0 Å². The summed E-state index contributed by atoms with van der Waals surface area (Å²) >= 11 is 6.01. The highest BCUT2D eigenvalue weighted by Gasteiger charge is 2.40. The minimum Gasteiger partial charge on any atom is -0.303 e. The van der Waals surface area contributed by atoms with Gasteiger partial charge in [0.15, 0.2) is 0 Å². The van der Waals surface area contributed by atoms with Crippen molar-refractivity contribution in [2.75, 3.05) is 6.54 Å². The molecule has 2 aromatic carbocycles. The molecule has 1 aliphatic rings. The van der Waals surface area contributed by atoms with Crippen LogP contribution in [0.25, 0.3) is 0 Å². The molecular weight excluding hydrogens is 306 g/mol. The molecule has 3 rings (SSSR count). The SMILES string of the molecule is C=C[C@H]1CN(Cc2ccccc2)[C@H](c2ccc(Cl)cc2)[C@H]1C=O. The summed E-state index contributed by atoms with van der Waals surface area (Å²) in [7, 11) is 0. The molecular formula is C20H20ClNO. The maximum absolute atomic E-state index is 11.7. The molecule has 1 aliphatic heterocycles. The number of nitrogens with zero attached hydrogens (tertiary/aromatic N) is 1. The molecule has 0 N–H and O–H groups in total. The number of aldehydes is 1. The van der Waals surface area contributed by atoms with Crippen molar-refractivity contribution in [2.45, 2.75) is 12.6 Å². The third kappa shape index (κ3) is 3.39. The minimum atomic E-state index is -0.0719. The molecule has 3 heteroatoms. The van der Waals surface area contributed by atoms with Crippen LogP contribution < -0.4 is 0 Å². The summed E-state index contributed by atoms with van der Waals surface area (Å²) in [6.07, 6.45) is 2.99. The van der Waals surface area contributed by atoms with Crippen LogP contribution in [0, 0.1) is 11.8 Å². The number of hydrogen-bond acceptors (Lipinski definition) is 2. The van der Waals surface area contributed by atoms with Crippen molar-refractivity contribution < 1.29 is 4.79 Å². The van der Waals surface area contributed by atoms with E-state index in [-0.39, 0.29) is 17.9 Å². The van der Waals surface area contributed by atoms with Crippen molar-refractivity contribution in [3.8, 4) is 0 Å². The first-order chi connectivity index (χ1) is 11.2. The van der Waals surface area contributed by atoms with Crippen LogP contribution in [-0.2, 0) is 11.3 Å². The van der Waals surface area contributed by atoms with E-state index < -0.39 is 0 Å². The third-order valence-electron chi connectivity index (χ3n) is 4.60. The van der Waals surface area contributed by atoms with E-state index in [2.05, 4.69) is 23.6 Å². The summed E-state index contributed by atoms with van der Waals surface area (Å²) < 4.78 is 0. The molecule has 1 heterocycles. The first-order valence-electron chi connectivity index (χ1n) is 7.84. The summed E-state index contributed by atoms with van der Waals surface area (Å²) in [6.45, 7) is 5.58. The van der Waals surface area contributed by atoms with Crippen LogP contribution in [0.4, 0.5) is 0 Å². The van der Waals surface area contributed by atoms with Gasteiger partial charge in [-0.05, 0) is 23.3 Å². The first-order valence-corrected chi connectivity index (χ1v) is 8.22. The van der Waals surface area contributed by atoms with E-state index in [1.807, 2.05) is 48.5 Å². The quantitative estimate of drug-likeness (QED) is 0.595. The minimum absolute atomic E-state index is 0.0629. The molecule has 118 valence electrons. The van der Waals surface area contributed by atoms with Crippen LogP contribution in [0.2, 0.25) is 5.02 Å². The predicted octanol–water partition coefficient (Wildman–Crippen LogP) is 4.51. The van der Waals surface area contributed by atoms with E-state index in [1.165, 1.54) is 5.56 Å². The van der Waals surface area contributed by atoms with Crippen molar-refractivity contribution in [3.63, 3.8) is 0 Å². The van der Waals surface area contributed by atoms with Gasteiger partial charge in [-0.3, -0.25) is 4.90 Å². The zero-order valence-corrected chi connectivity index (χ0v) is 13.7. The predicted molar refractivity (Wildman–Crippen MR) is 94.3 cm³/mol. The van der Waals surface area contributed by atoms with E-state index in [0.717, 1.165) is 24.9 Å². The summed E-state index contributed by atoms with van der Waals surface area (Å²) in [5, 5.41) is 0.712. The Kier molecular flexibility index (Phi) is 4.94. The average Bonchev–Trinajstić information content (AvgIpc) is 2.94. The molecule has 1 saturated heterocycles. The van der Waals surface area contributed by atoms with Crippen molar-refractivity contribution >= 4 is 17.9 Å². The van der Waals surface area contributed by atoms with E-state index in [0.29, 0.717) is 5.02 Å². The van der Waals surface area contributed by atoms with Gasteiger partial charge in [-0.25, -0.2) is 0 Å². The number of carbonyl (C=O) groups excluding carboxylic acids is 1. The second-order valence-electron chi connectivity index (χ2n) is 6.02. The number of carbonyl (C=O) groups is 1.